The summed E-state index contributed by atoms with van der Waals surface area (Å²) < 4.78 is 1.81. The molecule has 108 valence electrons. The first kappa shape index (κ1) is 13.1. The Morgan fingerprint density at radius 2 is 2.30 bits per heavy atom. The molecule has 6 nitrogen and oxygen atoms in total. The summed E-state index contributed by atoms with van der Waals surface area (Å²) in [5.41, 5.74) is 1.11. The Labute approximate surface area is 118 Å². The summed E-state index contributed by atoms with van der Waals surface area (Å²) in [4.78, 5) is 25.7. The van der Waals surface area contributed by atoms with E-state index in [9.17, 15) is 9.59 Å². The minimum atomic E-state index is -0.178. The number of hydrogen-bond acceptors (Lipinski definition) is 3. The summed E-state index contributed by atoms with van der Waals surface area (Å²) in [7, 11) is 0. The third-order valence-corrected chi connectivity index (χ3v) is 3.92. The molecule has 1 aliphatic carbocycles. The fraction of sp³-hybridized carbons (Fsp3) is 0.643. The number of nitrogens with one attached hydrogen (secondary N) is 1. The normalized spacial score (nSPS) is 22.4. The van der Waals surface area contributed by atoms with Gasteiger partial charge in [0.1, 0.15) is 0 Å². The molecule has 2 fully saturated rings. The molecule has 2 amide bonds. The number of likely N-dealkylation sites (tertiary alicyclic amines) is 1. The molecule has 1 saturated carbocycles. The zero-order valence-corrected chi connectivity index (χ0v) is 11.7. The van der Waals surface area contributed by atoms with Crippen molar-refractivity contribution in [3.63, 3.8) is 0 Å². The summed E-state index contributed by atoms with van der Waals surface area (Å²) >= 11 is 0. The zero-order chi connectivity index (χ0) is 14.1. The molecule has 2 heterocycles. The van der Waals surface area contributed by atoms with Crippen molar-refractivity contribution < 1.29 is 9.59 Å². The van der Waals surface area contributed by atoms with Crippen LogP contribution >= 0.6 is 0 Å². The minimum Gasteiger partial charge on any atom is -0.354 e. The van der Waals surface area contributed by atoms with Gasteiger partial charge in [-0.2, -0.15) is 5.10 Å². The van der Waals surface area contributed by atoms with Crippen LogP contribution in [-0.4, -0.2) is 45.6 Å². The van der Waals surface area contributed by atoms with E-state index in [1.54, 1.807) is 6.20 Å². The SMILES string of the molecule is Cc1cnn(CCNC(=O)[C@H]2CC(=O)N(C3CC3)C2)c1. The Kier molecular flexibility index (Phi) is 3.46. The first-order valence-electron chi connectivity index (χ1n) is 7.20. The molecule has 20 heavy (non-hydrogen) atoms. The number of rotatable bonds is 5. The van der Waals surface area contributed by atoms with Crippen molar-refractivity contribution in [1.29, 1.82) is 0 Å². The van der Waals surface area contributed by atoms with Crippen LogP contribution in [-0.2, 0) is 16.1 Å². The van der Waals surface area contributed by atoms with E-state index < -0.39 is 0 Å². The van der Waals surface area contributed by atoms with Crippen LogP contribution in [0.15, 0.2) is 12.4 Å². The number of carbonyl (C=O) groups excluding carboxylic acids is 2. The third-order valence-electron chi connectivity index (χ3n) is 3.92. The van der Waals surface area contributed by atoms with Crippen molar-refractivity contribution in [3.8, 4) is 0 Å². The molecule has 1 N–H and O–H groups in total. The smallest absolute Gasteiger partial charge is 0.225 e. The molecule has 1 aromatic rings. The van der Waals surface area contributed by atoms with E-state index in [0.29, 0.717) is 32.1 Å². The molecule has 1 aromatic heterocycles. The maximum atomic E-state index is 12.1. The molecule has 1 atom stereocenters. The van der Waals surface area contributed by atoms with Crippen LogP contribution in [0.5, 0.6) is 0 Å². The maximum absolute atomic E-state index is 12.1. The molecule has 2 aliphatic rings. The fourth-order valence-corrected chi connectivity index (χ4v) is 2.67. The van der Waals surface area contributed by atoms with Crippen molar-refractivity contribution in [3.05, 3.63) is 18.0 Å². The molecule has 1 saturated heterocycles. The van der Waals surface area contributed by atoms with E-state index in [1.807, 2.05) is 22.7 Å². The lowest BCUT2D eigenvalue weighted by atomic mass is 10.1. The number of aryl methyl sites for hydroxylation is 1. The van der Waals surface area contributed by atoms with Gasteiger partial charge in [0.2, 0.25) is 11.8 Å². The second-order valence-corrected chi connectivity index (χ2v) is 5.75. The molecular formula is C14H20N4O2. The summed E-state index contributed by atoms with van der Waals surface area (Å²) in [5, 5.41) is 7.07. The molecule has 0 unspecified atom stereocenters. The predicted molar refractivity (Wildman–Crippen MR) is 72.8 cm³/mol. The highest BCUT2D eigenvalue weighted by Crippen LogP contribution is 2.32. The molecule has 3 rings (SSSR count). The van der Waals surface area contributed by atoms with Gasteiger partial charge in [-0.1, -0.05) is 0 Å². The summed E-state index contributed by atoms with van der Waals surface area (Å²) in [5.74, 6) is -0.0526. The van der Waals surface area contributed by atoms with Crippen LogP contribution in [0.25, 0.3) is 0 Å². The van der Waals surface area contributed by atoms with E-state index >= 15 is 0 Å². The van der Waals surface area contributed by atoms with Gasteiger partial charge in [0.15, 0.2) is 0 Å². The van der Waals surface area contributed by atoms with Gasteiger partial charge in [0, 0.05) is 31.7 Å². The lowest BCUT2D eigenvalue weighted by molar-refractivity contribution is -0.129. The van der Waals surface area contributed by atoms with Gasteiger partial charge in [-0.25, -0.2) is 0 Å². The van der Waals surface area contributed by atoms with Gasteiger partial charge >= 0.3 is 0 Å². The average molecular weight is 276 g/mol. The first-order valence-corrected chi connectivity index (χ1v) is 7.20. The van der Waals surface area contributed by atoms with Crippen LogP contribution in [0.4, 0.5) is 0 Å². The Hall–Kier alpha value is -1.85. The van der Waals surface area contributed by atoms with Gasteiger partial charge in [0.25, 0.3) is 0 Å². The lowest BCUT2D eigenvalue weighted by Crippen LogP contribution is -2.35. The third kappa shape index (κ3) is 2.84. The minimum absolute atomic E-state index is 0.00891. The lowest BCUT2D eigenvalue weighted by Gasteiger charge is -2.15. The van der Waals surface area contributed by atoms with Crippen LogP contribution < -0.4 is 5.32 Å². The Bertz CT molecular complexity index is 521. The quantitative estimate of drug-likeness (QED) is 0.842. The van der Waals surface area contributed by atoms with E-state index in [0.717, 1.165) is 18.4 Å². The predicted octanol–water partition coefficient (Wildman–Crippen LogP) is 0.319. The van der Waals surface area contributed by atoms with E-state index in [2.05, 4.69) is 10.4 Å². The molecule has 0 bridgehead atoms. The number of carbonyl (C=O) groups is 2. The van der Waals surface area contributed by atoms with Crippen molar-refractivity contribution in [2.75, 3.05) is 13.1 Å². The summed E-state index contributed by atoms with van der Waals surface area (Å²) in [6.45, 7) is 3.79. The monoisotopic (exact) mass is 276 g/mol. The van der Waals surface area contributed by atoms with E-state index in [-0.39, 0.29) is 17.7 Å². The van der Waals surface area contributed by atoms with Gasteiger partial charge in [-0.15, -0.1) is 0 Å². The molecule has 0 radical (unpaired) electrons. The van der Waals surface area contributed by atoms with Gasteiger partial charge < -0.3 is 10.2 Å². The molecule has 0 spiro atoms. The van der Waals surface area contributed by atoms with E-state index in [1.165, 1.54) is 0 Å². The Balaban J connectivity index is 1.44. The molecule has 1 aliphatic heterocycles. The van der Waals surface area contributed by atoms with Crippen molar-refractivity contribution in [2.24, 2.45) is 5.92 Å². The fourth-order valence-electron chi connectivity index (χ4n) is 2.67. The average Bonchev–Trinajstić information content (AvgIpc) is 3.06. The van der Waals surface area contributed by atoms with Gasteiger partial charge in [0.05, 0.1) is 18.7 Å². The Morgan fingerprint density at radius 3 is 2.95 bits per heavy atom. The highest BCUT2D eigenvalue weighted by Gasteiger charge is 2.41. The Morgan fingerprint density at radius 1 is 1.50 bits per heavy atom. The van der Waals surface area contributed by atoms with Crippen molar-refractivity contribution in [2.45, 2.75) is 38.8 Å². The number of nitrogens with zero attached hydrogens (tertiary/aromatic N) is 3. The second kappa shape index (κ2) is 5.26. The maximum Gasteiger partial charge on any atom is 0.225 e. The van der Waals surface area contributed by atoms with E-state index in [4.69, 9.17) is 0 Å². The van der Waals surface area contributed by atoms with Crippen LogP contribution in [0.3, 0.4) is 0 Å². The van der Waals surface area contributed by atoms with Crippen LogP contribution in [0.1, 0.15) is 24.8 Å². The van der Waals surface area contributed by atoms with Crippen LogP contribution in [0, 0.1) is 12.8 Å². The number of aromatic nitrogens is 2. The topological polar surface area (TPSA) is 67.2 Å². The highest BCUT2D eigenvalue weighted by molar-refractivity contribution is 5.89. The summed E-state index contributed by atoms with van der Waals surface area (Å²) in [6, 6.07) is 0.410. The molecule has 6 heteroatoms. The van der Waals surface area contributed by atoms with Crippen LogP contribution in [0.2, 0.25) is 0 Å². The largest absolute Gasteiger partial charge is 0.354 e. The summed E-state index contributed by atoms with van der Waals surface area (Å²) in [6.07, 6.45) is 6.30. The van der Waals surface area contributed by atoms with Crippen molar-refractivity contribution >= 4 is 11.8 Å². The molecule has 0 aromatic carbocycles. The van der Waals surface area contributed by atoms with Crippen molar-refractivity contribution in [1.82, 2.24) is 20.0 Å². The zero-order valence-electron chi connectivity index (χ0n) is 11.7. The van der Waals surface area contributed by atoms with Gasteiger partial charge in [-0.3, -0.25) is 14.3 Å². The standard InChI is InChI=1S/C14H20N4O2/c1-10-7-16-17(8-10)5-4-15-14(20)11-6-13(19)18(9-11)12-2-3-12/h7-8,11-12H,2-6,9H2,1H3,(H,15,20)/t11-/m0/s1. The van der Waals surface area contributed by atoms with Gasteiger partial charge in [-0.05, 0) is 25.3 Å². The number of amides is 2. The highest BCUT2D eigenvalue weighted by atomic mass is 16.2. The second-order valence-electron chi connectivity index (χ2n) is 5.75. The number of hydrogen-bond donors (Lipinski definition) is 1. The molecular weight excluding hydrogens is 256 g/mol. The first-order chi connectivity index (χ1) is 9.63.